The van der Waals surface area contributed by atoms with Crippen molar-refractivity contribution >= 4 is 46.8 Å². The highest BCUT2D eigenvalue weighted by atomic mass is 35.5. The highest BCUT2D eigenvalue weighted by Crippen LogP contribution is 2.31. The fourth-order valence-electron chi connectivity index (χ4n) is 2.79. The first-order chi connectivity index (χ1) is 14.3. The van der Waals surface area contributed by atoms with Gasteiger partial charge in [0.25, 0.3) is 5.91 Å². The van der Waals surface area contributed by atoms with Gasteiger partial charge in [-0.3, -0.25) is 4.79 Å². The number of carboxylic acid groups (broad SMARTS) is 1. The van der Waals surface area contributed by atoms with E-state index >= 15 is 0 Å². The Balaban J connectivity index is 1.88. The quantitative estimate of drug-likeness (QED) is 0.385. The fourth-order valence-corrected chi connectivity index (χ4v) is 3.14. The average molecular weight is 441 g/mol. The van der Waals surface area contributed by atoms with Gasteiger partial charge in [0, 0.05) is 11.6 Å². The third-order valence-electron chi connectivity index (χ3n) is 4.31. The molecule has 1 aromatic heterocycles. The van der Waals surface area contributed by atoms with Gasteiger partial charge in [0.15, 0.2) is 0 Å². The number of nitrogens with one attached hydrogen (secondary N) is 1. The van der Waals surface area contributed by atoms with Crippen molar-refractivity contribution in [2.24, 2.45) is 0 Å². The Morgan fingerprint density at radius 2 is 1.87 bits per heavy atom. The minimum atomic E-state index is -1.04. The third-order valence-corrected chi connectivity index (χ3v) is 5.13. The number of amides is 1. The molecule has 6 nitrogen and oxygen atoms in total. The summed E-state index contributed by atoms with van der Waals surface area (Å²) in [5, 5.41) is 21.6. The Morgan fingerprint density at radius 1 is 1.13 bits per heavy atom. The lowest BCUT2D eigenvalue weighted by Crippen LogP contribution is -2.13. The normalized spacial score (nSPS) is 11.1. The minimum Gasteiger partial charge on any atom is -0.478 e. The first-order valence-electron chi connectivity index (χ1n) is 8.62. The number of carboxylic acids is 1. The summed E-state index contributed by atoms with van der Waals surface area (Å²) >= 11 is 12.0. The summed E-state index contributed by atoms with van der Waals surface area (Å²) in [7, 11) is 0. The Bertz CT molecular complexity index is 1220. The maximum absolute atomic E-state index is 12.5. The lowest BCUT2D eigenvalue weighted by molar-refractivity contribution is -0.112. The molecule has 30 heavy (non-hydrogen) atoms. The molecule has 150 valence electrons. The standard InChI is InChI=1S/C22H14Cl2N2O4/c1-12-15(4-2-5-16(12)22(28)29)19-9-8-14(30-19)10-13(11-25)21(27)26-18-7-3-6-17(23)20(18)24/h2-10H,1H3,(H,26,27)(H,28,29)/b13-10-. The average Bonchev–Trinajstić information content (AvgIpc) is 3.17. The van der Waals surface area contributed by atoms with Gasteiger partial charge in [-0.25, -0.2) is 4.79 Å². The number of rotatable bonds is 5. The van der Waals surface area contributed by atoms with E-state index in [1.165, 1.54) is 12.1 Å². The molecule has 3 rings (SSSR count). The van der Waals surface area contributed by atoms with Crippen molar-refractivity contribution in [3.05, 3.63) is 81.0 Å². The zero-order valence-electron chi connectivity index (χ0n) is 15.6. The molecule has 0 unspecified atom stereocenters. The van der Waals surface area contributed by atoms with E-state index in [4.69, 9.17) is 27.6 Å². The Labute approximate surface area is 182 Å². The van der Waals surface area contributed by atoms with Crippen LogP contribution in [0.15, 0.2) is 58.5 Å². The molecule has 0 atom stereocenters. The highest BCUT2D eigenvalue weighted by molar-refractivity contribution is 6.44. The molecule has 0 spiro atoms. The van der Waals surface area contributed by atoms with Gasteiger partial charge < -0.3 is 14.8 Å². The Hall–Kier alpha value is -3.53. The van der Waals surface area contributed by atoms with Crippen LogP contribution >= 0.6 is 23.2 Å². The topological polar surface area (TPSA) is 103 Å². The molecular formula is C22H14Cl2N2O4. The maximum atomic E-state index is 12.5. The van der Waals surface area contributed by atoms with Crippen molar-refractivity contribution in [3.63, 3.8) is 0 Å². The first kappa shape index (κ1) is 21.2. The van der Waals surface area contributed by atoms with Gasteiger partial charge in [-0.15, -0.1) is 0 Å². The summed E-state index contributed by atoms with van der Waals surface area (Å²) in [4.78, 5) is 23.8. The monoisotopic (exact) mass is 440 g/mol. The summed E-state index contributed by atoms with van der Waals surface area (Å²) < 4.78 is 5.71. The molecule has 0 saturated carbocycles. The van der Waals surface area contributed by atoms with E-state index in [0.717, 1.165) is 0 Å². The van der Waals surface area contributed by atoms with Gasteiger partial charge in [-0.2, -0.15) is 5.26 Å². The Kier molecular flexibility index (Phi) is 6.26. The van der Waals surface area contributed by atoms with Crippen LogP contribution < -0.4 is 5.32 Å². The number of nitrogens with zero attached hydrogens (tertiary/aromatic N) is 1. The predicted molar refractivity (Wildman–Crippen MR) is 115 cm³/mol. The summed E-state index contributed by atoms with van der Waals surface area (Å²) in [6.45, 7) is 1.68. The molecule has 0 fully saturated rings. The molecule has 0 aliphatic carbocycles. The number of hydrogen-bond donors (Lipinski definition) is 2. The van der Waals surface area contributed by atoms with E-state index in [2.05, 4.69) is 5.32 Å². The van der Waals surface area contributed by atoms with Crippen LogP contribution in [-0.4, -0.2) is 17.0 Å². The van der Waals surface area contributed by atoms with E-state index in [-0.39, 0.29) is 32.6 Å². The number of carbonyl (C=O) groups is 2. The van der Waals surface area contributed by atoms with Crippen LogP contribution in [0.2, 0.25) is 10.0 Å². The van der Waals surface area contributed by atoms with Gasteiger partial charge in [-0.1, -0.05) is 41.4 Å². The van der Waals surface area contributed by atoms with E-state index in [0.29, 0.717) is 16.9 Å². The fraction of sp³-hybridized carbons (Fsp3) is 0.0455. The third kappa shape index (κ3) is 4.38. The second kappa shape index (κ2) is 8.87. The molecule has 0 saturated heterocycles. The van der Waals surface area contributed by atoms with Gasteiger partial charge in [0.2, 0.25) is 0 Å². The number of hydrogen-bond acceptors (Lipinski definition) is 4. The van der Waals surface area contributed by atoms with E-state index in [1.54, 1.807) is 49.4 Å². The molecule has 2 N–H and O–H groups in total. The van der Waals surface area contributed by atoms with Gasteiger partial charge in [0.1, 0.15) is 23.2 Å². The van der Waals surface area contributed by atoms with Crippen molar-refractivity contribution < 1.29 is 19.1 Å². The minimum absolute atomic E-state index is 0.163. The molecule has 2 aromatic carbocycles. The smallest absolute Gasteiger partial charge is 0.335 e. The molecule has 0 aliphatic rings. The number of carbonyl (C=O) groups excluding carboxylic acids is 1. The SMILES string of the molecule is Cc1c(C(=O)O)cccc1-c1ccc(/C=C(/C#N)C(=O)Nc2cccc(Cl)c2Cl)o1. The first-order valence-corrected chi connectivity index (χ1v) is 9.37. The number of benzene rings is 2. The zero-order valence-corrected chi connectivity index (χ0v) is 17.1. The van der Waals surface area contributed by atoms with Crippen LogP contribution in [0.5, 0.6) is 0 Å². The molecule has 8 heteroatoms. The van der Waals surface area contributed by atoms with Crippen molar-refractivity contribution in [1.82, 2.24) is 0 Å². The van der Waals surface area contributed by atoms with E-state index in [9.17, 15) is 20.0 Å². The number of nitriles is 1. The van der Waals surface area contributed by atoms with Crippen LogP contribution in [0, 0.1) is 18.3 Å². The summed E-state index contributed by atoms with van der Waals surface area (Å²) in [6, 6.07) is 14.6. The van der Waals surface area contributed by atoms with Crippen LogP contribution in [0.3, 0.4) is 0 Å². The lowest BCUT2D eigenvalue weighted by atomic mass is 10.0. The molecule has 0 bridgehead atoms. The molecule has 1 heterocycles. The molecule has 0 aliphatic heterocycles. The zero-order chi connectivity index (χ0) is 21.8. The largest absolute Gasteiger partial charge is 0.478 e. The highest BCUT2D eigenvalue weighted by Gasteiger charge is 2.16. The summed E-state index contributed by atoms with van der Waals surface area (Å²) in [6.07, 6.45) is 1.29. The summed E-state index contributed by atoms with van der Waals surface area (Å²) in [5.41, 5.74) is 1.38. The molecule has 1 amide bonds. The predicted octanol–water partition coefficient (Wildman–Crippen LogP) is 5.81. The summed E-state index contributed by atoms with van der Waals surface area (Å²) in [5.74, 6) is -1.04. The lowest BCUT2D eigenvalue weighted by Gasteiger charge is -2.07. The van der Waals surface area contributed by atoms with E-state index < -0.39 is 11.9 Å². The second-order valence-corrected chi connectivity index (χ2v) is 7.00. The van der Waals surface area contributed by atoms with Crippen LogP contribution in [0.4, 0.5) is 5.69 Å². The van der Waals surface area contributed by atoms with Crippen LogP contribution in [0.25, 0.3) is 17.4 Å². The van der Waals surface area contributed by atoms with Crippen molar-refractivity contribution in [1.29, 1.82) is 5.26 Å². The van der Waals surface area contributed by atoms with Gasteiger partial charge >= 0.3 is 5.97 Å². The maximum Gasteiger partial charge on any atom is 0.335 e. The van der Waals surface area contributed by atoms with Crippen LogP contribution in [0.1, 0.15) is 21.7 Å². The second-order valence-electron chi connectivity index (χ2n) is 6.21. The van der Waals surface area contributed by atoms with E-state index in [1.807, 2.05) is 6.07 Å². The van der Waals surface area contributed by atoms with Crippen molar-refractivity contribution in [2.45, 2.75) is 6.92 Å². The Morgan fingerprint density at radius 3 is 2.57 bits per heavy atom. The molecular weight excluding hydrogens is 427 g/mol. The molecule has 0 radical (unpaired) electrons. The van der Waals surface area contributed by atoms with Gasteiger partial charge in [0.05, 0.1) is 21.3 Å². The number of halogens is 2. The van der Waals surface area contributed by atoms with Crippen molar-refractivity contribution in [2.75, 3.05) is 5.32 Å². The number of anilines is 1. The number of aromatic carboxylic acids is 1. The van der Waals surface area contributed by atoms with Crippen molar-refractivity contribution in [3.8, 4) is 17.4 Å². The van der Waals surface area contributed by atoms with Crippen LogP contribution in [-0.2, 0) is 4.79 Å². The number of furan rings is 1. The molecule has 3 aromatic rings. The van der Waals surface area contributed by atoms with Gasteiger partial charge in [-0.05, 0) is 42.8 Å².